The number of hydrogen-bond acceptors (Lipinski definition) is 23. The topological polar surface area (TPSA) is 621 Å². The summed E-state index contributed by atoms with van der Waals surface area (Å²) in [6, 6.07) is 0.477. The van der Waals surface area contributed by atoms with Gasteiger partial charge < -0.3 is 109 Å². The zero-order valence-corrected chi connectivity index (χ0v) is 66.8. The number of amides is 9. The number of aliphatic carboxylic acids is 2. The van der Waals surface area contributed by atoms with Crippen molar-refractivity contribution in [3.8, 4) is 0 Å². The van der Waals surface area contributed by atoms with E-state index in [1.165, 1.54) is 13.3 Å². The van der Waals surface area contributed by atoms with E-state index in [0.29, 0.717) is 56.4 Å². The first kappa shape index (κ1) is 91.6. The standard InChI is InChI=1S/C62H90N13O14P.C10H17N3O6S.Co/c1-29-20-39-40(21-30(29)2)75(28-70-39)57-52(84)53(41(27-76)87-57)89-90(85,86)88-31(3)26-69-49(83)18-19-59(8)37(22-46(66)80)56-62(11)61(10,25-48(68)82)36(14-17-45(65)79)51(74-62)33(5)55-60(9,24-47(67)81)34(12-15-43(63)77)38(71-55)23-42-58(6,7)35(13-16-44(64)78)50(72-42)32(4)54(59)73-56;11-5(10(18)19)1-2-7(14)13-6(4-20)9(17)12-3-8(15)16;/h20-21,23,28,31,34-37,41,52-53,56-57,76,84H,12-19,22,24-27H2,1-11H3,(H15,63,64,65,66,67,68,69,71,72,73,74,77,78,79,80,81,82,83,85,86);5-6,20H,1-4,11H2,(H,12,17)(H,13,14)(H,15,16)(H,18,19);/p-2. The van der Waals surface area contributed by atoms with Gasteiger partial charge in [-0.15, -0.1) is 5.75 Å². The van der Waals surface area contributed by atoms with Crippen LogP contribution in [0.5, 0.6) is 0 Å². The number of aryl methyl sites for hydroxylation is 2. The first-order chi connectivity index (χ1) is 51.1. The van der Waals surface area contributed by atoms with Gasteiger partial charge in [0.2, 0.25) is 53.2 Å². The fourth-order valence-corrected chi connectivity index (χ4v) is 17.9. The number of fused-ring (bicyclic) bond motifs is 7. The fourth-order valence-electron chi connectivity index (χ4n) is 16.5. The van der Waals surface area contributed by atoms with Crippen molar-refractivity contribution in [1.29, 1.82) is 0 Å². The second-order valence-electron chi connectivity index (χ2n) is 30.9. The van der Waals surface area contributed by atoms with E-state index in [1.807, 2.05) is 80.5 Å². The van der Waals surface area contributed by atoms with Crippen LogP contribution >= 0.6 is 7.82 Å². The van der Waals surface area contributed by atoms with E-state index in [9.17, 15) is 72.4 Å². The largest absolute Gasteiger partial charge is 0.790 e. The number of carboxylic acid groups (broad SMARTS) is 2. The minimum atomic E-state index is -5.07. The maximum atomic E-state index is 14.4. The van der Waals surface area contributed by atoms with E-state index in [4.69, 9.17) is 84.4 Å². The van der Waals surface area contributed by atoms with Gasteiger partial charge >= 0.3 is 19.8 Å². The number of carboxylic acids is 2. The van der Waals surface area contributed by atoms with Crippen molar-refractivity contribution in [2.24, 2.45) is 100 Å². The molecule has 39 heteroatoms. The molecule has 8 rings (SSSR count). The number of carbonyl (C=O) groups excluding carboxylic acids is 9. The number of nitrogens with two attached hydrogens (primary N) is 7. The Morgan fingerprint density at radius 1 is 0.757 bits per heavy atom. The predicted octanol–water partition coefficient (Wildman–Crippen LogP) is 1.36. The van der Waals surface area contributed by atoms with E-state index in [1.54, 1.807) is 11.5 Å². The Hall–Kier alpha value is -8.30. The number of aliphatic hydroxyl groups is 2. The van der Waals surface area contributed by atoms with Crippen molar-refractivity contribution in [2.75, 3.05) is 25.4 Å². The van der Waals surface area contributed by atoms with Gasteiger partial charge in [-0.25, -0.2) is 9.55 Å². The molecular weight excluding hydrogens is 1530 g/mol. The third-order valence-electron chi connectivity index (χ3n) is 22.7. The Kier molecular flexibility index (Phi) is 30.3. The van der Waals surface area contributed by atoms with Crippen molar-refractivity contribution in [3.63, 3.8) is 0 Å². The van der Waals surface area contributed by atoms with Crippen LogP contribution in [-0.4, -0.2) is 191 Å². The summed E-state index contributed by atoms with van der Waals surface area (Å²) >= 11 is 4.68. The number of nitrogens with zero attached hydrogens (tertiary/aromatic N) is 6. The van der Waals surface area contributed by atoms with E-state index in [0.717, 1.165) is 11.1 Å². The number of aliphatic imine (C=N–C) groups is 3. The minimum Gasteiger partial charge on any atom is -0.790 e. The van der Waals surface area contributed by atoms with E-state index in [-0.39, 0.29) is 113 Å². The van der Waals surface area contributed by atoms with Crippen LogP contribution in [0.2, 0.25) is 0 Å². The Balaban J connectivity index is 0.000000800. The smallest absolute Gasteiger partial charge is 0.472 e. The number of phosphoric ester groups is 1. The summed E-state index contributed by atoms with van der Waals surface area (Å²) in [7, 11) is -5.07. The molecule has 1 aromatic heterocycles. The number of imidazole rings is 1. The first-order valence-electron chi connectivity index (χ1n) is 36.1. The van der Waals surface area contributed by atoms with Crippen LogP contribution in [0.25, 0.3) is 16.4 Å². The molecule has 2 fully saturated rings. The Morgan fingerprint density at radius 3 is 1.91 bits per heavy atom. The number of nitrogens with one attached hydrogen (secondary N) is 3. The molecule has 8 bridgehead atoms. The molecule has 0 spiro atoms. The first-order valence-corrected chi connectivity index (χ1v) is 38.2. The molecule has 17 unspecified atom stereocenters. The van der Waals surface area contributed by atoms with Gasteiger partial charge in [0.05, 0.1) is 47.3 Å². The van der Waals surface area contributed by atoms with Crippen LogP contribution in [0.1, 0.15) is 163 Å². The molecule has 1 radical (unpaired) electrons. The molecule has 2 saturated heterocycles. The summed E-state index contributed by atoms with van der Waals surface area (Å²) in [6.07, 6.45) is -4.73. The van der Waals surface area contributed by atoms with Gasteiger partial charge in [-0.3, -0.25) is 76.8 Å². The maximum absolute atomic E-state index is 14.4. The minimum absolute atomic E-state index is 0. The molecule has 615 valence electrons. The molecule has 22 N–H and O–H groups in total. The van der Waals surface area contributed by atoms with Crippen molar-refractivity contribution in [2.45, 2.75) is 214 Å². The van der Waals surface area contributed by atoms with Crippen molar-refractivity contribution >= 4 is 114 Å². The number of aliphatic hydroxyl groups excluding tert-OH is 2. The van der Waals surface area contributed by atoms with Gasteiger partial charge in [0.25, 0.3) is 0 Å². The Morgan fingerprint density at radius 2 is 1.35 bits per heavy atom. The molecular formula is C72H105CoN16O20PS-2. The monoisotopic (exact) mass is 1640 g/mol. The molecule has 1 aromatic carbocycles. The average molecular weight is 1640 g/mol. The molecule has 0 saturated carbocycles. The number of rotatable bonds is 35. The molecule has 36 nitrogen and oxygen atoms in total. The number of carbonyl (C=O) groups is 11. The molecule has 0 aliphatic carbocycles. The predicted molar refractivity (Wildman–Crippen MR) is 403 cm³/mol. The van der Waals surface area contributed by atoms with E-state index < -0.39 is 186 Å². The summed E-state index contributed by atoms with van der Waals surface area (Å²) in [5.74, 6) is -11.2. The number of allylic oxidation sites excluding steroid dienone is 6. The summed E-state index contributed by atoms with van der Waals surface area (Å²) < 4.78 is 32.3. The number of phosphoric acid groups is 1. The van der Waals surface area contributed by atoms with E-state index >= 15 is 0 Å². The number of aromatic nitrogens is 2. The van der Waals surface area contributed by atoms with Crippen molar-refractivity contribution in [1.82, 2.24) is 25.5 Å². The number of hydrogen-bond donors (Lipinski definition) is 15. The fraction of sp³-hybridized carbons (Fsp3) is 0.625. The van der Waals surface area contributed by atoms with Gasteiger partial charge in [-0.1, -0.05) is 40.7 Å². The molecule has 6 aliphatic heterocycles. The third-order valence-corrected chi connectivity index (χ3v) is 24.2. The van der Waals surface area contributed by atoms with Gasteiger partial charge in [-0.2, -0.15) is 5.70 Å². The SMILES string of the molecule is C/C1=C2N=C(/C=C3N=C(/C(C)=C4\[N-]C(C(CC(N)=O)C4(C)CCC(=O)NCC(C)OP(=O)(O)OC4C(CO)OC(n5cnc6cc(C)c(C)cc65)C4O)C4(C)N=C1C(CCC(N)=O)C4(C)CC(N)=O)C(CCC(N)=O)C\3(C)C)C(CCC(N)=O)C/2(C)CC(N)=O.NC(CCC(=O)NC(C[S-])C(=O)NCC(=O)O)C(=O)O.[Co]. The second kappa shape index (κ2) is 36.7. The van der Waals surface area contributed by atoms with Gasteiger partial charge in [0.15, 0.2) is 6.23 Å². The zero-order chi connectivity index (χ0) is 82.4. The third kappa shape index (κ3) is 20.4. The second-order valence-corrected chi connectivity index (χ2v) is 32.6. The molecule has 2 aromatic rings. The molecule has 9 amide bonds. The van der Waals surface area contributed by atoms with Crippen LogP contribution in [0.15, 0.2) is 67.8 Å². The number of benzene rings is 1. The summed E-state index contributed by atoms with van der Waals surface area (Å²) in [5.41, 5.74) is 42.0. The zero-order valence-electron chi connectivity index (χ0n) is 64.0. The molecule has 6 aliphatic rings. The quantitative estimate of drug-likeness (QED) is 0.0342. The van der Waals surface area contributed by atoms with Gasteiger partial charge in [-0.05, 0) is 125 Å². The van der Waals surface area contributed by atoms with Crippen LogP contribution in [-0.2, 0) is 100 Å². The number of ether oxygens (including phenoxy) is 1. The summed E-state index contributed by atoms with van der Waals surface area (Å²) in [6.45, 7) is 18.5. The average Bonchev–Trinajstić information content (AvgIpc) is 1.53. The maximum Gasteiger partial charge on any atom is 0.472 e. The van der Waals surface area contributed by atoms with Crippen molar-refractivity contribution in [3.05, 3.63) is 69.2 Å². The Bertz CT molecular complexity index is 4240. The van der Waals surface area contributed by atoms with Crippen LogP contribution in [0.4, 0.5) is 0 Å². The Labute approximate surface area is 658 Å². The molecule has 17 atom stereocenters. The van der Waals surface area contributed by atoms with Gasteiger partial charge in [0.1, 0.15) is 30.9 Å². The van der Waals surface area contributed by atoms with Crippen LogP contribution in [0, 0.1) is 59.2 Å². The molecule has 7 heterocycles. The summed E-state index contributed by atoms with van der Waals surface area (Å²) in [4.78, 5) is 169. The van der Waals surface area contributed by atoms with Crippen molar-refractivity contribution < 1.29 is 113 Å². The van der Waals surface area contributed by atoms with E-state index in [2.05, 4.69) is 33.6 Å². The van der Waals surface area contributed by atoms with Crippen LogP contribution in [0.3, 0.4) is 0 Å². The molecule has 111 heavy (non-hydrogen) atoms. The van der Waals surface area contributed by atoms with Crippen LogP contribution < -0.4 is 56.1 Å². The normalized spacial score (nSPS) is 30.1. The summed E-state index contributed by atoms with van der Waals surface area (Å²) in [5, 5.41) is 51.5. The number of primary amides is 6. The van der Waals surface area contributed by atoms with Gasteiger partial charge in [0, 0.05) is 132 Å².